The average molecular weight is 345 g/mol. The Morgan fingerprint density at radius 3 is 2.42 bits per heavy atom. The fourth-order valence-electron chi connectivity index (χ4n) is 2.75. The predicted molar refractivity (Wildman–Crippen MR) is 107 cm³/mol. The molecule has 1 heterocycles. The van der Waals surface area contributed by atoms with Crippen LogP contribution in [0.5, 0.6) is 0 Å². The second-order valence-electron chi connectivity index (χ2n) is 6.25. The van der Waals surface area contributed by atoms with E-state index in [-0.39, 0.29) is 5.91 Å². The first-order chi connectivity index (χ1) is 12.7. The van der Waals surface area contributed by atoms with Gasteiger partial charge < -0.3 is 10.2 Å². The third-order valence-electron chi connectivity index (χ3n) is 4.30. The van der Waals surface area contributed by atoms with Crippen LogP contribution < -0.4 is 10.2 Å². The summed E-state index contributed by atoms with van der Waals surface area (Å²) in [7, 11) is 2.01. The molecule has 3 rings (SSSR count). The molecule has 0 saturated heterocycles. The van der Waals surface area contributed by atoms with Gasteiger partial charge in [0.05, 0.1) is 0 Å². The van der Waals surface area contributed by atoms with Crippen molar-refractivity contribution in [2.24, 2.45) is 0 Å². The molecule has 132 valence electrons. The van der Waals surface area contributed by atoms with Gasteiger partial charge in [-0.2, -0.15) is 0 Å². The van der Waals surface area contributed by atoms with Crippen molar-refractivity contribution in [1.82, 2.24) is 4.98 Å². The zero-order valence-electron chi connectivity index (χ0n) is 15.1. The summed E-state index contributed by atoms with van der Waals surface area (Å²) in [5.74, 6) is -0.204. The second kappa shape index (κ2) is 8.30. The molecule has 0 aliphatic carbocycles. The van der Waals surface area contributed by atoms with Crippen molar-refractivity contribution in [1.29, 1.82) is 0 Å². The van der Waals surface area contributed by atoms with Crippen molar-refractivity contribution in [3.8, 4) is 0 Å². The Hall–Kier alpha value is -3.14. The molecule has 0 unspecified atom stereocenters. The minimum atomic E-state index is -0.204. The van der Waals surface area contributed by atoms with Crippen molar-refractivity contribution in [3.05, 3.63) is 89.7 Å². The highest BCUT2D eigenvalue weighted by Crippen LogP contribution is 2.17. The Bertz CT molecular complexity index is 860. The number of benzene rings is 2. The van der Waals surface area contributed by atoms with Crippen molar-refractivity contribution < 1.29 is 4.79 Å². The van der Waals surface area contributed by atoms with Crippen LogP contribution in [-0.4, -0.2) is 17.9 Å². The van der Waals surface area contributed by atoms with Crippen LogP contribution in [-0.2, 0) is 13.0 Å². The number of anilines is 2. The van der Waals surface area contributed by atoms with Crippen LogP contribution >= 0.6 is 0 Å². The van der Waals surface area contributed by atoms with E-state index in [2.05, 4.69) is 34.3 Å². The lowest BCUT2D eigenvalue weighted by Crippen LogP contribution is -2.18. The van der Waals surface area contributed by atoms with Gasteiger partial charge in [-0.05, 0) is 41.8 Å². The molecule has 0 atom stereocenters. The molecular formula is C22H23N3O. The molecule has 0 saturated carbocycles. The highest BCUT2D eigenvalue weighted by molar-refractivity contribution is 6.03. The standard InChI is InChI=1S/C22H23N3O/c1-3-17-9-11-19(12-10-17)24-22(26)21-15-20(13-14-23-21)25(2)16-18-7-5-4-6-8-18/h4-15H,3,16H2,1-2H3,(H,24,26). The van der Waals surface area contributed by atoms with E-state index >= 15 is 0 Å². The van der Waals surface area contributed by atoms with Gasteiger partial charge >= 0.3 is 0 Å². The molecule has 3 aromatic rings. The molecule has 0 fully saturated rings. The first kappa shape index (κ1) is 17.7. The van der Waals surface area contributed by atoms with E-state index in [9.17, 15) is 4.79 Å². The molecule has 0 aliphatic rings. The fraction of sp³-hybridized carbons (Fsp3) is 0.182. The van der Waals surface area contributed by atoms with Crippen molar-refractivity contribution in [3.63, 3.8) is 0 Å². The van der Waals surface area contributed by atoms with E-state index in [1.54, 1.807) is 6.20 Å². The molecule has 4 nitrogen and oxygen atoms in total. The average Bonchev–Trinajstić information content (AvgIpc) is 2.69. The van der Waals surface area contributed by atoms with Gasteiger partial charge in [-0.1, -0.05) is 49.4 Å². The van der Waals surface area contributed by atoms with E-state index in [4.69, 9.17) is 0 Å². The number of hydrogen-bond donors (Lipinski definition) is 1. The maximum Gasteiger partial charge on any atom is 0.274 e. The largest absolute Gasteiger partial charge is 0.370 e. The zero-order chi connectivity index (χ0) is 18.4. The van der Waals surface area contributed by atoms with Crippen molar-refractivity contribution in [2.75, 3.05) is 17.3 Å². The second-order valence-corrected chi connectivity index (χ2v) is 6.25. The third kappa shape index (κ3) is 4.48. The van der Waals surface area contributed by atoms with Gasteiger partial charge in [0.25, 0.3) is 5.91 Å². The Kier molecular flexibility index (Phi) is 5.64. The summed E-state index contributed by atoms with van der Waals surface area (Å²) in [6, 6.07) is 21.8. The van der Waals surface area contributed by atoms with E-state index < -0.39 is 0 Å². The zero-order valence-corrected chi connectivity index (χ0v) is 15.1. The van der Waals surface area contributed by atoms with E-state index in [0.717, 1.165) is 24.3 Å². The van der Waals surface area contributed by atoms with Gasteiger partial charge in [-0.3, -0.25) is 9.78 Å². The quantitative estimate of drug-likeness (QED) is 0.714. The number of nitrogens with zero attached hydrogens (tertiary/aromatic N) is 2. The first-order valence-electron chi connectivity index (χ1n) is 8.77. The minimum Gasteiger partial charge on any atom is -0.370 e. The lowest BCUT2D eigenvalue weighted by Gasteiger charge is -2.19. The number of rotatable bonds is 6. The summed E-state index contributed by atoms with van der Waals surface area (Å²) >= 11 is 0. The molecule has 1 amide bonds. The summed E-state index contributed by atoms with van der Waals surface area (Å²) in [6.07, 6.45) is 2.65. The smallest absolute Gasteiger partial charge is 0.274 e. The van der Waals surface area contributed by atoms with E-state index in [0.29, 0.717) is 5.69 Å². The van der Waals surface area contributed by atoms with Crippen molar-refractivity contribution >= 4 is 17.3 Å². The third-order valence-corrected chi connectivity index (χ3v) is 4.30. The topological polar surface area (TPSA) is 45.2 Å². The first-order valence-corrected chi connectivity index (χ1v) is 8.77. The SMILES string of the molecule is CCc1ccc(NC(=O)c2cc(N(C)Cc3ccccc3)ccn2)cc1. The number of amides is 1. The lowest BCUT2D eigenvalue weighted by atomic mass is 10.1. The molecular weight excluding hydrogens is 322 g/mol. The number of carbonyl (C=O) groups excluding carboxylic acids is 1. The highest BCUT2D eigenvalue weighted by Gasteiger charge is 2.10. The number of hydrogen-bond acceptors (Lipinski definition) is 3. The number of aromatic nitrogens is 1. The molecule has 0 bridgehead atoms. The Morgan fingerprint density at radius 2 is 1.73 bits per heavy atom. The van der Waals surface area contributed by atoms with Crippen LogP contribution in [0.4, 0.5) is 11.4 Å². The number of pyridine rings is 1. The van der Waals surface area contributed by atoms with E-state index in [1.165, 1.54) is 11.1 Å². The molecule has 26 heavy (non-hydrogen) atoms. The predicted octanol–water partition coefficient (Wildman–Crippen LogP) is 4.53. The van der Waals surface area contributed by atoms with Crippen LogP contribution in [0.15, 0.2) is 72.9 Å². The van der Waals surface area contributed by atoms with Crippen LogP contribution in [0.3, 0.4) is 0 Å². The van der Waals surface area contributed by atoms with E-state index in [1.807, 2.05) is 61.6 Å². The molecule has 1 N–H and O–H groups in total. The summed E-state index contributed by atoms with van der Waals surface area (Å²) < 4.78 is 0. The Balaban J connectivity index is 1.70. The van der Waals surface area contributed by atoms with Gasteiger partial charge in [0.2, 0.25) is 0 Å². The highest BCUT2D eigenvalue weighted by atomic mass is 16.1. The van der Waals surface area contributed by atoms with Crippen LogP contribution in [0.25, 0.3) is 0 Å². The fourth-order valence-corrected chi connectivity index (χ4v) is 2.75. The Labute approximate surface area is 154 Å². The maximum atomic E-state index is 12.5. The van der Waals surface area contributed by atoms with Gasteiger partial charge in [0, 0.05) is 31.2 Å². The van der Waals surface area contributed by atoms with Crippen LogP contribution in [0.1, 0.15) is 28.5 Å². The molecule has 1 aromatic heterocycles. The van der Waals surface area contributed by atoms with Gasteiger partial charge in [-0.25, -0.2) is 0 Å². The summed E-state index contributed by atoms with van der Waals surface area (Å²) in [5.41, 5.74) is 4.59. The van der Waals surface area contributed by atoms with Crippen molar-refractivity contribution in [2.45, 2.75) is 19.9 Å². The number of aryl methyl sites for hydroxylation is 1. The Morgan fingerprint density at radius 1 is 1.00 bits per heavy atom. The summed E-state index contributed by atoms with van der Waals surface area (Å²) in [4.78, 5) is 18.8. The van der Waals surface area contributed by atoms with Gasteiger partial charge in [-0.15, -0.1) is 0 Å². The van der Waals surface area contributed by atoms with Crippen LogP contribution in [0, 0.1) is 0 Å². The summed E-state index contributed by atoms with van der Waals surface area (Å²) in [5, 5.41) is 2.91. The van der Waals surface area contributed by atoms with Crippen LogP contribution in [0.2, 0.25) is 0 Å². The number of nitrogens with one attached hydrogen (secondary N) is 1. The normalized spacial score (nSPS) is 10.4. The molecule has 0 aliphatic heterocycles. The number of carbonyl (C=O) groups is 1. The molecule has 0 spiro atoms. The lowest BCUT2D eigenvalue weighted by molar-refractivity contribution is 0.102. The van der Waals surface area contributed by atoms with Gasteiger partial charge in [0.15, 0.2) is 0 Å². The minimum absolute atomic E-state index is 0.204. The molecule has 0 radical (unpaired) electrons. The van der Waals surface area contributed by atoms with Gasteiger partial charge in [0.1, 0.15) is 5.69 Å². The monoisotopic (exact) mass is 345 g/mol. The molecule has 2 aromatic carbocycles. The molecule has 4 heteroatoms. The summed E-state index contributed by atoms with van der Waals surface area (Å²) in [6.45, 7) is 2.87. The maximum absolute atomic E-state index is 12.5.